The van der Waals surface area contributed by atoms with Gasteiger partial charge in [-0.05, 0) is 52.0 Å². The van der Waals surface area contributed by atoms with E-state index >= 15 is 0 Å². The number of hydrogen-bond acceptors (Lipinski definition) is 4. The lowest BCUT2D eigenvalue weighted by atomic mass is 9.97. The van der Waals surface area contributed by atoms with E-state index in [9.17, 15) is 14.4 Å². The molecule has 3 N–H and O–H groups in total. The molecule has 0 radical (unpaired) electrons. The maximum atomic E-state index is 11.8. The van der Waals surface area contributed by atoms with Gasteiger partial charge in [0.25, 0.3) is 0 Å². The molecule has 1 fully saturated rings. The number of carbonyl (C=O) groups excluding carboxylic acids is 3. The summed E-state index contributed by atoms with van der Waals surface area (Å²) in [4.78, 5) is 36.7. The van der Waals surface area contributed by atoms with Crippen molar-refractivity contribution in [3.05, 3.63) is 11.6 Å². The molecule has 0 bridgehead atoms. The zero-order valence-electron chi connectivity index (χ0n) is 14.4. The van der Waals surface area contributed by atoms with Gasteiger partial charge in [0, 0.05) is 12.6 Å². The molecule has 7 nitrogen and oxygen atoms in total. The van der Waals surface area contributed by atoms with Crippen LogP contribution in [0.15, 0.2) is 11.6 Å². The summed E-state index contributed by atoms with van der Waals surface area (Å²) < 4.78 is 0. The molecule has 2 rings (SSSR count). The first kappa shape index (κ1) is 18.4. The fourth-order valence-electron chi connectivity index (χ4n) is 2.73. The van der Waals surface area contributed by atoms with Crippen LogP contribution in [0.3, 0.4) is 0 Å². The van der Waals surface area contributed by atoms with Gasteiger partial charge in [-0.15, -0.1) is 0 Å². The molecule has 0 spiro atoms. The number of allylic oxidation sites excluding steroid dienone is 1. The third kappa shape index (κ3) is 7.59. The molecule has 2 aliphatic rings. The maximum absolute atomic E-state index is 11.8. The minimum absolute atomic E-state index is 0.0106. The van der Waals surface area contributed by atoms with Crippen molar-refractivity contribution in [1.82, 2.24) is 20.9 Å². The summed E-state index contributed by atoms with van der Waals surface area (Å²) in [6, 6.07) is -0.169. The van der Waals surface area contributed by atoms with E-state index in [2.05, 4.69) is 22.0 Å². The average Bonchev–Trinajstić information content (AvgIpc) is 3.31. The minimum Gasteiger partial charge on any atom is -0.352 e. The van der Waals surface area contributed by atoms with Gasteiger partial charge in [0.05, 0.1) is 13.1 Å². The second kappa shape index (κ2) is 9.42. The molecule has 7 heteroatoms. The van der Waals surface area contributed by atoms with Gasteiger partial charge in [-0.2, -0.15) is 0 Å². The zero-order valence-corrected chi connectivity index (χ0v) is 14.4. The first-order valence-electron chi connectivity index (χ1n) is 8.76. The van der Waals surface area contributed by atoms with Crippen molar-refractivity contribution < 1.29 is 14.4 Å². The van der Waals surface area contributed by atoms with Crippen molar-refractivity contribution in [3.8, 4) is 0 Å². The van der Waals surface area contributed by atoms with Crippen LogP contribution in [0.5, 0.6) is 0 Å². The molecule has 0 saturated heterocycles. The van der Waals surface area contributed by atoms with Gasteiger partial charge in [0.1, 0.15) is 0 Å². The van der Waals surface area contributed by atoms with E-state index in [0.29, 0.717) is 12.6 Å². The summed E-state index contributed by atoms with van der Waals surface area (Å²) in [5.74, 6) is -0.496. The van der Waals surface area contributed by atoms with Crippen LogP contribution in [0, 0.1) is 0 Å². The monoisotopic (exact) mass is 336 g/mol. The van der Waals surface area contributed by atoms with E-state index in [4.69, 9.17) is 0 Å². The number of urea groups is 1. The fraction of sp³-hybridized carbons (Fsp3) is 0.706. The van der Waals surface area contributed by atoms with Crippen LogP contribution in [0.1, 0.15) is 44.9 Å². The Morgan fingerprint density at radius 2 is 1.92 bits per heavy atom. The zero-order chi connectivity index (χ0) is 17.4. The molecule has 24 heavy (non-hydrogen) atoms. The van der Waals surface area contributed by atoms with Crippen LogP contribution in [0.25, 0.3) is 0 Å². The molecule has 0 heterocycles. The quantitative estimate of drug-likeness (QED) is 0.575. The maximum Gasteiger partial charge on any atom is 0.321 e. The molecule has 0 aromatic rings. The van der Waals surface area contributed by atoms with Gasteiger partial charge in [0.15, 0.2) is 0 Å². The van der Waals surface area contributed by atoms with Crippen molar-refractivity contribution in [2.75, 3.05) is 26.7 Å². The standard InChI is InChI=1S/C17H28N4O3/c1-21(11-15(22)19-14-7-8-14)12-16(23)20-17(24)18-10-9-13-5-3-2-4-6-13/h5,14H,2-4,6-12H2,1H3,(H,19,22)(H2,18,20,23,24). The number of amides is 4. The van der Waals surface area contributed by atoms with Gasteiger partial charge in [-0.3, -0.25) is 19.8 Å². The highest BCUT2D eigenvalue weighted by Gasteiger charge is 2.23. The van der Waals surface area contributed by atoms with Crippen molar-refractivity contribution >= 4 is 17.8 Å². The van der Waals surface area contributed by atoms with Gasteiger partial charge >= 0.3 is 6.03 Å². The second-order valence-corrected chi connectivity index (χ2v) is 6.68. The first-order chi connectivity index (χ1) is 11.5. The topological polar surface area (TPSA) is 90.5 Å². The molecule has 134 valence electrons. The lowest BCUT2D eigenvalue weighted by molar-refractivity contribution is -0.124. The Labute approximate surface area is 143 Å². The minimum atomic E-state index is -0.479. The van der Waals surface area contributed by atoms with Crippen molar-refractivity contribution in [1.29, 1.82) is 0 Å². The molecule has 0 unspecified atom stereocenters. The number of rotatable bonds is 8. The molecule has 1 saturated carbocycles. The average molecular weight is 336 g/mol. The van der Waals surface area contributed by atoms with Crippen molar-refractivity contribution in [3.63, 3.8) is 0 Å². The van der Waals surface area contributed by atoms with Crippen LogP contribution in [-0.4, -0.2) is 55.5 Å². The number of likely N-dealkylation sites (N-methyl/N-ethyl adjacent to an activating group) is 1. The normalized spacial score (nSPS) is 17.2. The highest BCUT2D eigenvalue weighted by atomic mass is 16.2. The van der Waals surface area contributed by atoms with Gasteiger partial charge < -0.3 is 10.6 Å². The first-order valence-corrected chi connectivity index (χ1v) is 8.76. The summed E-state index contributed by atoms with van der Waals surface area (Å²) in [6.07, 6.45) is 9.85. The predicted octanol–water partition coefficient (Wildman–Crippen LogP) is 0.913. The largest absolute Gasteiger partial charge is 0.352 e. The van der Waals surface area contributed by atoms with E-state index in [-0.39, 0.29) is 19.0 Å². The Balaban J connectivity index is 1.55. The van der Waals surface area contributed by atoms with Crippen LogP contribution < -0.4 is 16.0 Å². The smallest absolute Gasteiger partial charge is 0.321 e. The van der Waals surface area contributed by atoms with Crippen LogP contribution >= 0.6 is 0 Å². The second-order valence-electron chi connectivity index (χ2n) is 6.68. The number of nitrogens with one attached hydrogen (secondary N) is 3. The fourth-order valence-corrected chi connectivity index (χ4v) is 2.73. The van der Waals surface area contributed by atoms with Gasteiger partial charge in [-0.25, -0.2) is 4.79 Å². The molecule has 0 aromatic carbocycles. The summed E-state index contributed by atoms with van der Waals surface area (Å²) in [6.45, 7) is 0.695. The molecule has 4 amide bonds. The Bertz CT molecular complexity index is 500. The highest BCUT2D eigenvalue weighted by Crippen LogP contribution is 2.19. The van der Waals surface area contributed by atoms with Gasteiger partial charge in [-0.1, -0.05) is 11.6 Å². The van der Waals surface area contributed by atoms with E-state index < -0.39 is 11.9 Å². The van der Waals surface area contributed by atoms with Crippen molar-refractivity contribution in [2.45, 2.75) is 51.0 Å². The Hall–Kier alpha value is -1.89. The number of imide groups is 1. The summed E-state index contributed by atoms with van der Waals surface area (Å²) in [5, 5.41) is 7.85. The third-order valence-corrected chi connectivity index (χ3v) is 4.14. The molecular formula is C17H28N4O3. The lowest BCUT2D eigenvalue weighted by Gasteiger charge is -2.16. The Morgan fingerprint density at radius 3 is 2.58 bits per heavy atom. The SMILES string of the molecule is CN(CC(=O)NC(=O)NCCC1=CCCCC1)CC(=O)NC1CC1. The highest BCUT2D eigenvalue weighted by molar-refractivity contribution is 5.95. The molecule has 2 aliphatic carbocycles. The molecule has 0 atom stereocenters. The number of hydrogen-bond donors (Lipinski definition) is 3. The van der Waals surface area contributed by atoms with Crippen LogP contribution in [0.4, 0.5) is 4.79 Å². The lowest BCUT2D eigenvalue weighted by Crippen LogP contribution is -2.46. The Kier molecular flexibility index (Phi) is 7.24. The summed E-state index contributed by atoms with van der Waals surface area (Å²) in [7, 11) is 1.68. The molecular weight excluding hydrogens is 308 g/mol. The van der Waals surface area contributed by atoms with E-state index in [1.807, 2.05) is 0 Å². The van der Waals surface area contributed by atoms with Crippen LogP contribution in [-0.2, 0) is 9.59 Å². The van der Waals surface area contributed by atoms with Gasteiger partial charge in [0.2, 0.25) is 11.8 Å². The van der Waals surface area contributed by atoms with E-state index in [1.165, 1.54) is 18.4 Å². The Morgan fingerprint density at radius 1 is 1.17 bits per heavy atom. The van der Waals surface area contributed by atoms with E-state index in [1.54, 1.807) is 11.9 Å². The van der Waals surface area contributed by atoms with E-state index in [0.717, 1.165) is 32.1 Å². The molecule has 0 aromatic heterocycles. The predicted molar refractivity (Wildman–Crippen MR) is 91.4 cm³/mol. The third-order valence-electron chi connectivity index (χ3n) is 4.14. The number of nitrogens with zero attached hydrogens (tertiary/aromatic N) is 1. The van der Waals surface area contributed by atoms with Crippen molar-refractivity contribution in [2.24, 2.45) is 0 Å². The number of carbonyl (C=O) groups is 3. The summed E-state index contributed by atoms with van der Waals surface area (Å²) >= 11 is 0. The van der Waals surface area contributed by atoms with Crippen LogP contribution in [0.2, 0.25) is 0 Å². The molecule has 0 aliphatic heterocycles. The summed E-state index contributed by atoms with van der Waals surface area (Å²) in [5.41, 5.74) is 1.38.